The Kier molecular flexibility index (Phi) is 2.47. The molecule has 0 saturated heterocycles. The molecule has 0 aliphatic heterocycles. The minimum absolute atomic E-state index is 0.0902. The lowest BCUT2D eigenvalue weighted by Gasteiger charge is -2.06. The Labute approximate surface area is 73.2 Å². The molecular formula is C7H16N2O2S. The van der Waals surface area contributed by atoms with Crippen molar-refractivity contribution in [3.63, 3.8) is 0 Å². The second kappa shape index (κ2) is 2.97. The molecule has 1 fully saturated rings. The van der Waals surface area contributed by atoms with Gasteiger partial charge in [0.25, 0.3) is 0 Å². The molecule has 0 unspecified atom stereocenters. The highest BCUT2D eigenvalue weighted by Gasteiger charge is 2.51. The summed E-state index contributed by atoms with van der Waals surface area (Å²) in [4.78, 5) is 0. The molecule has 0 heterocycles. The standard InChI is InChI=1S/C7H16N2O2S/c1-2-12(10,11)4-6-3-7(6,9)5-8/h6H,2-5,8-9H2,1H3/t6-,7-/m1/s1. The van der Waals surface area contributed by atoms with Crippen molar-refractivity contribution < 1.29 is 8.42 Å². The third-order valence-corrected chi connectivity index (χ3v) is 4.34. The molecule has 12 heavy (non-hydrogen) atoms. The summed E-state index contributed by atoms with van der Waals surface area (Å²) in [5, 5.41) is 0. The molecule has 0 spiro atoms. The van der Waals surface area contributed by atoms with Crippen LogP contribution in [0.1, 0.15) is 13.3 Å². The summed E-state index contributed by atoms with van der Waals surface area (Å²) in [7, 11) is -2.87. The maximum absolute atomic E-state index is 11.2. The van der Waals surface area contributed by atoms with Crippen LogP contribution in [0, 0.1) is 5.92 Å². The second-order valence-corrected chi connectivity index (χ2v) is 5.94. The second-order valence-electron chi connectivity index (χ2n) is 3.54. The number of rotatable bonds is 4. The van der Waals surface area contributed by atoms with Crippen LogP contribution in [0.25, 0.3) is 0 Å². The van der Waals surface area contributed by atoms with Gasteiger partial charge in [-0.15, -0.1) is 0 Å². The van der Waals surface area contributed by atoms with Gasteiger partial charge in [-0.2, -0.15) is 0 Å². The van der Waals surface area contributed by atoms with Crippen molar-refractivity contribution in [1.29, 1.82) is 0 Å². The highest BCUT2D eigenvalue weighted by molar-refractivity contribution is 7.91. The Morgan fingerprint density at radius 3 is 2.50 bits per heavy atom. The molecule has 0 aromatic heterocycles. The summed E-state index contributed by atoms with van der Waals surface area (Å²) in [5.41, 5.74) is 10.8. The lowest BCUT2D eigenvalue weighted by Crippen LogP contribution is -2.36. The van der Waals surface area contributed by atoms with E-state index in [0.29, 0.717) is 6.54 Å². The zero-order valence-corrected chi connectivity index (χ0v) is 8.10. The Balaban J connectivity index is 2.48. The van der Waals surface area contributed by atoms with Gasteiger partial charge >= 0.3 is 0 Å². The first-order valence-electron chi connectivity index (χ1n) is 4.13. The highest BCUT2D eigenvalue weighted by Crippen LogP contribution is 2.40. The maximum Gasteiger partial charge on any atom is 0.150 e. The van der Waals surface area contributed by atoms with Crippen molar-refractivity contribution in [1.82, 2.24) is 0 Å². The molecule has 1 saturated carbocycles. The number of nitrogens with two attached hydrogens (primary N) is 2. The number of hydrogen-bond donors (Lipinski definition) is 2. The summed E-state index contributed by atoms with van der Waals surface area (Å²) in [6.07, 6.45) is 0.753. The van der Waals surface area contributed by atoms with Crippen molar-refractivity contribution in [2.45, 2.75) is 18.9 Å². The predicted octanol–water partition coefficient (Wildman–Crippen LogP) is -0.903. The summed E-state index contributed by atoms with van der Waals surface area (Å²) in [6, 6.07) is 0. The van der Waals surface area contributed by atoms with Gasteiger partial charge in [0.15, 0.2) is 0 Å². The third-order valence-electron chi connectivity index (χ3n) is 2.55. The first-order valence-corrected chi connectivity index (χ1v) is 5.95. The van der Waals surface area contributed by atoms with Crippen molar-refractivity contribution in [2.75, 3.05) is 18.1 Å². The Morgan fingerprint density at radius 1 is 1.58 bits per heavy atom. The fraction of sp³-hybridized carbons (Fsp3) is 1.00. The quantitative estimate of drug-likeness (QED) is 0.604. The van der Waals surface area contributed by atoms with Crippen LogP contribution < -0.4 is 11.5 Å². The summed E-state index contributed by atoms with van der Waals surface area (Å²) in [5.74, 6) is 0.494. The van der Waals surface area contributed by atoms with Crippen molar-refractivity contribution in [3.05, 3.63) is 0 Å². The van der Waals surface area contributed by atoms with Gasteiger partial charge in [-0.1, -0.05) is 6.92 Å². The van der Waals surface area contributed by atoms with Crippen LogP contribution in [-0.4, -0.2) is 32.0 Å². The molecule has 0 aromatic carbocycles. The molecule has 1 aliphatic rings. The van der Waals surface area contributed by atoms with Crippen LogP contribution in [-0.2, 0) is 9.84 Å². The SMILES string of the molecule is CCS(=O)(=O)C[C@H]1C[C@@]1(N)CN. The van der Waals surface area contributed by atoms with Crippen LogP contribution in [0.15, 0.2) is 0 Å². The van der Waals surface area contributed by atoms with E-state index in [1.54, 1.807) is 6.92 Å². The zero-order chi connectivity index (χ0) is 9.41. The minimum Gasteiger partial charge on any atom is -0.329 e. The van der Waals surface area contributed by atoms with Crippen LogP contribution in [0.2, 0.25) is 0 Å². The topological polar surface area (TPSA) is 86.2 Å². The first kappa shape index (κ1) is 9.95. The van der Waals surface area contributed by atoms with Crippen molar-refractivity contribution in [3.8, 4) is 0 Å². The minimum atomic E-state index is -2.87. The van der Waals surface area contributed by atoms with Crippen molar-refractivity contribution >= 4 is 9.84 Å². The van der Waals surface area contributed by atoms with Crippen LogP contribution in [0.3, 0.4) is 0 Å². The predicted molar refractivity (Wildman–Crippen MR) is 48.4 cm³/mol. The Bertz CT molecular complexity index is 263. The van der Waals surface area contributed by atoms with Gasteiger partial charge in [0.1, 0.15) is 9.84 Å². The van der Waals surface area contributed by atoms with E-state index in [9.17, 15) is 8.42 Å². The number of sulfone groups is 1. The molecule has 0 aromatic rings. The average molecular weight is 192 g/mol. The smallest absolute Gasteiger partial charge is 0.150 e. The van der Waals surface area contributed by atoms with E-state index in [2.05, 4.69) is 0 Å². The van der Waals surface area contributed by atoms with E-state index >= 15 is 0 Å². The van der Waals surface area contributed by atoms with Gasteiger partial charge < -0.3 is 11.5 Å². The average Bonchev–Trinajstić information content (AvgIpc) is 2.62. The fourth-order valence-electron chi connectivity index (χ4n) is 1.30. The lowest BCUT2D eigenvalue weighted by molar-refractivity contribution is 0.580. The Morgan fingerprint density at radius 2 is 2.17 bits per heavy atom. The van der Waals surface area contributed by atoms with Gasteiger partial charge in [-0.05, 0) is 12.3 Å². The largest absolute Gasteiger partial charge is 0.329 e. The van der Waals surface area contributed by atoms with Crippen molar-refractivity contribution in [2.24, 2.45) is 17.4 Å². The van der Waals surface area contributed by atoms with E-state index in [0.717, 1.165) is 6.42 Å². The molecule has 1 aliphatic carbocycles. The van der Waals surface area contributed by atoms with Crippen LogP contribution in [0.4, 0.5) is 0 Å². The molecule has 1 rings (SSSR count). The third kappa shape index (κ3) is 1.97. The van der Waals surface area contributed by atoms with Gasteiger partial charge in [0.05, 0.1) is 5.75 Å². The van der Waals surface area contributed by atoms with Gasteiger partial charge in [0, 0.05) is 17.8 Å². The lowest BCUT2D eigenvalue weighted by atomic mass is 10.2. The molecule has 0 radical (unpaired) electrons. The molecular weight excluding hydrogens is 176 g/mol. The van der Waals surface area contributed by atoms with E-state index in [-0.39, 0.29) is 23.0 Å². The molecule has 5 heteroatoms. The van der Waals surface area contributed by atoms with Crippen LogP contribution >= 0.6 is 0 Å². The zero-order valence-electron chi connectivity index (χ0n) is 7.29. The summed E-state index contributed by atoms with van der Waals surface area (Å²) in [6.45, 7) is 2.04. The van der Waals surface area contributed by atoms with Gasteiger partial charge in [0.2, 0.25) is 0 Å². The van der Waals surface area contributed by atoms with E-state index in [1.807, 2.05) is 0 Å². The van der Waals surface area contributed by atoms with E-state index in [4.69, 9.17) is 11.5 Å². The molecule has 72 valence electrons. The monoisotopic (exact) mass is 192 g/mol. The fourth-order valence-corrected chi connectivity index (χ4v) is 2.60. The summed E-state index contributed by atoms with van der Waals surface area (Å²) >= 11 is 0. The van der Waals surface area contributed by atoms with E-state index < -0.39 is 9.84 Å². The number of hydrogen-bond acceptors (Lipinski definition) is 4. The molecule has 4 N–H and O–H groups in total. The van der Waals surface area contributed by atoms with E-state index in [1.165, 1.54) is 0 Å². The molecule has 0 amide bonds. The van der Waals surface area contributed by atoms with Gasteiger partial charge in [-0.3, -0.25) is 0 Å². The molecule has 4 nitrogen and oxygen atoms in total. The highest BCUT2D eigenvalue weighted by atomic mass is 32.2. The summed E-state index contributed by atoms with van der Waals surface area (Å²) < 4.78 is 22.3. The first-order chi connectivity index (χ1) is 5.43. The molecule has 2 atom stereocenters. The van der Waals surface area contributed by atoms with Gasteiger partial charge in [-0.25, -0.2) is 8.42 Å². The Hall–Kier alpha value is -0.130. The maximum atomic E-state index is 11.2. The molecule has 0 bridgehead atoms. The normalized spacial score (nSPS) is 35.1. The van der Waals surface area contributed by atoms with Crippen LogP contribution in [0.5, 0.6) is 0 Å².